The molecule has 1 fully saturated rings. The zero-order valence-electron chi connectivity index (χ0n) is 11.7. The summed E-state index contributed by atoms with van der Waals surface area (Å²) in [5, 5.41) is 3.74. The van der Waals surface area contributed by atoms with Crippen molar-refractivity contribution in [2.24, 2.45) is 5.73 Å². The Morgan fingerprint density at radius 1 is 1.45 bits per heavy atom. The van der Waals surface area contributed by atoms with Crippen molar-refractivity contribution >= 4 is 23.2 Å². The maximum absolute atomic E-state index is 11.5. The van der Waals surface area contributed by atoms with Crippen LogP contribution in [0.15, 0.2) is 18.2 Å². The molecule has 6 heteroatoms. The number of carbonyl (C=O) groups is 1. The number of piperazine rings is 1. The van der Waals surface area contributed by atoms with Crippen LogP contribution in [0.5, 0.6) is 0 Å². The Balaban J connectivity index is 2.03. The molecule has 0 radical (unpaired) electrons. The van der Waals surface area contributed by atoms with Crippen LogP contribution in [-0.4, -0.2) is 57.1 Å². The molecule has 0 atom stereocenters. The maximum atomic E-state index is 11.5. The highest BCUT2D eigenvalue weighted by molar-refractivity contribution is 6.34. The first-order valence-corrected chi connectivity index (χ1v) is 7.20. The summed E-state index contributed by atoms with van der Waals surface area (Å²) < 4.78 is 0. The van der Waals surface area contributed by atoms with Gasteiger partial charge in [0.1, 0.15) is 0 Å². The fourth-order valence-corrected chi connectivity index (χ4v) is 2.68. The van der Waals surface area contributed by atoms with E-state index in [1.165, 1.54) is 0 Å². The molecule has 1 amide bonds. The normalized spacial score (nSPS) is 16.1. The summed E-state index contributed by atoms with van der Waals surface area (Å²) in [6.45, 7) is 5.99. The Bertz CT molecular complexity index is 474. The standard InChI is InChI=1S/C14H21ClN4O/c1-18(9-10-19-7-5-17-6-8-19)12-4-2-3-11(15)13(12)14(16)20/h2-4,17H,5-10H2,1H3,(H2,16,20). The van der Waals surface area contributed by atoms with Crippen LogP contribution in [-0.2, 0) is 0 Å². The third kappa shape index (κ3) is 3.62. The SMILES string of the molecule is CN(CCN1CCNCC1)c1cccc(Cl)c1C(N)=O. The lowest BCUT2D eigenvalue weighted by molar-refractivity contribution is 0.100. The molecule has 2 rings (SSSR count). The van der Waals surface area contributed by atoms with Gasteiger partial charge in [0, 0.05) is 46.3 Å². The number of carbonyl (C=O) groups excluding carboxylic acids is 1. The van der Waals surface area contributed by atoms with E-state index in [1.807, 2.05) is 24.1 Å². The van der Waals surface area contributed by atoms with Crippen molar-refractivity contribution in [1.29, 1.82) is 0 Å². The Labute approximate surface area is 124 Å². The Morgan fingerprint density at radius 3 is 2.80 bits per heavy atom. The molecule has 1 aliphatic rings. The predicted octanol–water partition coefficient (Wildman–Crippen LogP) is 0.780. The molecule has 1 heterocycles. The van der Waals surface area contributed by atoms with Gasteiger partial charge in [-0.2, -0.15) is 0 Å². The van der Waals surface area contributed by atoms with E-state index in [9.17, 15) is 4.79 Å². The molecule has 1 aromatic carbocycles. The van der Waals surface area contributed by atoms with Crippen molar-refractivity contribution in [2.45, 2.75) is 0 Å². The number of rotatable bonds is 5. The lowest BCUT2D eigenvalue weighted by atomic mass is 10.1. The van der Waals surface area contributed by atoms with Gasteiger partial charge in [0.2, 0.25) is 0 Å². The maximum Gasteiger partial charge on any atom is 0.252 e. The molecule has 5 nitrogen and oxygen atoms in total. The van der Waals surface area contributed by atoms with E-state index in [0.717, 1.165) is 45.0 Å². The van der Waals surface area contributed by atoms with Gasteiger partial charge >= 0.3 is 0 Å². The lowest BCUT2D eigenvalue weighted by Gasteiger charge is -2.30. The molecule has 110 valence electrons. The third-order valence-corrected chi connectivity index (χ3v) is 3.93. The molecule has 1 aliphatic heterocycles. The van der Waals surface area contributed by atoms with Crippen LogP contribution < -0.4 is 16.0 Å². The molecule has 0 spiro atoms. The van der Waals surface area contributed by atoms with Crippen molar-refractivity contribution in [3.05, 3.63) is 28.8 Å². The van der Waals surface area contributed by atoms with Crippen LogP contribution in [0.4, 0.5) is 5.69 Å². The lowest BCUT2D eigenvalue weighted by Crippen LogP contribution is -2.46. The van der Waals surface area contributed by atoms with E-state index in [4.69, 9.17) is 17.3 Å². The van der Waals surface area contributed by atoms with Crippen LogP contribution in [0, 0.1) is 0 Å². The minimum absolute atomic E-state index is 0.400. The molecule has 1 aromatic rings. The molecule has 0 unspecified atom stereocenters. The van der Waals surface area contributed by atoms with E-state index in [-0.39, 0.29) is 0 Å². The molecule has 3 N–H and O–H groups in total. The fraction of sp³-hybridized carbons (Fsp3) is 0.500. The second-order valence-electron chi connectivity index (χ2n) is 5.01. The topological polar surface area (TPSA) is 61.6 Å². The highest BCUT2D eigenvalue weighted by Crippen LogP contribution is 2.26. The fourth-order valence-electron chi connectivity index (χ4n) is 2.42. The van der Waals surface area contributed by atoms with Gasteiger partial charge in [-0.1, -0.05) is 17.7 Å². The highest BCUT2D eigenvalue weighted by atomic mass is 35.5. The minimum atomic E-state index is -0.486. The number of hydrogen-bond donors (Lipinski definition) is 2. The van der Waals surface area contributed by atoms with Crippen LogP contribution in [0.25, 0.3) is 0 Å². The Morgan fingerprint density at radius 2 is 2.15 bits per heavy atom. The first-order chi connectivity index (χ1) is 9.59. The summed E-state index contributed by atoms with van der Waals surface area (Å²) in [6.07, 6.45) is 0. The van der Waals surface area contributed by atoms with Gasteiger partial charge in [0.15, 0.2) is 0 Å². The molecule has 0 bridgehead atoms. The number of anilines is 1. The number of nitrogens with two attached hydrogens (primary N) is 1. The van der Waals surface area contributed by atoms with Gasteiger partial charge in [-0.25, -0.2) is 0 Å². The largest absolute Gasteiger partial charge is 0.373 e. The Kier molecular flexibility index (Phi) is 5.23. The number of nitrogens with zero attached hydrogens (tertiary/aromatic N) is 2. The van der Waals surface area contributed by atoms with Crippen molar-refractivity contribution < 1.29 is 4.79 Å². The van der Waals surface area contributed by atoms with Crippen molar-refractivity contribution in [2.75, 3.05) is 51.2 Å². The Hall–Kier alpha value is -1.30. The highest BCUT2D eigenvalue weighted by Gasteiger charge is 2.16. The van der Waals surface area contributed by atoms with E-state index >= 15 is 0 Å². The van der Waals surface area contributed by atoms with Crippen molar-refractivity contribution in [3.63, 3.8) is 0 Å². The van der Waals surface area contributed by atoms with Gasteiger partial charge in [-0.15, -0.1) is 0 Å². The molecular formula is C14H21ClN4O. The average molecular weight is 297 g/mol. The molecule has 1 saturated heterocycles. The van der Waals surface area contributed by atoms with Gasteiger partial charge in [-0.05, 0) is 12.1 Å². The molecule has 0 aliphatic carbocycles. The van der Waals surface area contributed by atoms with E-state index < -0.39 is 5.91 Å². The van der Waals surface area contributed by atoms with Gasteiger partial charge in [0.25, 0.3) is 5.91 Å². The molecule has 0 saturated carbocycles. The second-order valence-corrected chi connectivity index (χ2v) is 5.42. The summed E-state index contributed by atoms with van der Waals surface area (Å²) in [7, 11) is 1.96. The van der Waals surface area contributed by atoms with Gasteiger partial charge in [-0.3, -0.25) is 9.69 Å². The van der Waals surface area contributed by atoms with E-state index in [0.29, 0.717) is 10.6 Å². The van der Waals surface area contributed by atoms with Crippen molar-refractivity contribution in [3.8, 4) is 0 Å². The average Bonchev–Trinajstić information content (AvgIpc) is 2.45. The van der Waals surface area contributed by atoms with E-state index in [1.54, 1.807) is 6.07 Å². The smallest absolute Gasteiger partial charge is 0.252 e. The number of nitrogens with one attached hydrogen (secondary N) is 1. The minimum Gasteiger partial charge on any atom is -0.373 e. The van der Waals surface area contributed by atoms with Crippen LogP contribution in [0.3, 0.4) is 0 Å². The number of primary amides is 1. The zero-order chi connectivity index (χ0) is 14.5. The van der Waals surface area contributed by atoms with Crippen LogP contribution >= 0.6 is 11.6 Å². The number of likely N-dealkylation sites (N-methyl/N-ethyl adjacent to an activating group) is 1. The quantitative estimate of drug-likeness (QED) is 0.843. The summed E-state index contributed by atoms with van der Waals surface area (Å²) in [5.74, 6) is -0.486. The predicted molar refractivity (Wildman–Crippen MR) is 82.5 cm³/mol. The van der Waals surface area contributed by atoms with Crippen LogP contribution in [0.2, 0.25) is 5.02 Å². The first-order valence-electron chi connectivity index (χ1n) is 6.82. The number of benzene rings is 1. The first kappa shape index (κ1) is 15.1. The number of halogens is 1. The number of amides is 1. The monoisotopic (exact) mass is 296 g/mol. The van der Waals surface area contributed by atoms with Gasteiger partial charge in [0.05, 0.1) is 16.3 Å². The summed E-state index contributed by atoms with van der Waals surface area (Å²) in [5.41, 5.74) is 6.62. The second kappa shape index (κ2) is 6.92. The summed E-state index contributed by atoms with van der Waals surface area (Å²) >= 11 is 6.07. The molecule has 20 heavy (non-hydrogen) atoms. The van der Waals surface area contributed by atoms with Gasteiger partial charge < -0.3 is 16.0 Å². The molecule has 0 aromatic heterocycles. The van der Waals surface area contributed by atoms with Crippen molar-refractivity contribution in [1.82, 2.24) is 10.2 Å². The third-order valence-electron chi connectivity index (χ3n) is 3.61. The van der Waals surface area contributed by atoms with E-state index in [2.05, 4.69) is 10.2 Å². The summed E-state index contributed by atoms with van der Waals surface area (Å²) in [4.78, 5) is 16.0. The van der Waals surface area contributed by atoms with Crippen LogP contribution in [0.1, 0.15) is 10.4 Å². The number of hydrogen-bond acceptors (Lipinski definition) is 4. The zero-order valence-corrected chi connectivity index (χ0v) is 12.5. The summed E-state index contributed by atoms with van der Waals surface area (Å²) in [6, 6.07) is 5.41. The molecular weight excluding hydrogens is 276 g/mol.